The van der Waals surface area contributed by atoms with Crippen LogP contribution in [0.25, 0.3) is 0 Å². The van der Waals surface area contributed by atoms with Crippen LogP contribution >= 0.6 is 11.3 Å². The Labute approximate surface area is 82.6 Å². The first-order chi connectivity index (χ1) is 6.45. The summed E-state index contributed by atoms with van der Waals surface area (Å²) in [6.45, 7) is 3.40. The normalized spacial score (nSPS) is 22.9. The number of hydrogen-bond acceptors (Lipinski definition) is 4. The highest BCUT2D eigenvalue weighted by Gasteiger charge is 2.12. The largest absolute Gasteiger partial charge is 0.361 e. The molecule has 0 saturated carbocycles. The molecule has 0 aromatic carbocycles. The van der Waals surface area contributed by atoms with Crippen LogP contribution < -0.4 is 10.6 Å². The third kappa shape index (κ3) is 2.67. The summed E-state index contributed by atoms with van der Waals surface area (Å²) >= 11 is 1.67. The molecule has 1 aliphatic rings. The van der Waals surface area contributed by atoms with E-state index >= 15 is 0 Å². The van der Waals surface area contributed by atoms with E-state index in [-0.39, 0.29) is 0 Å². The monoisotopic (exact) mass is 197 g/mol. The fourth-order valence-corrected chi connectivity index (χ4v) is 2.18. The Bertz CT molecular complexity index is 229. The van der Waals surface area contributed by atoms with E-state index in [1.165, 1.54) is 19.4 Å². The van der Waals surface area contributed by atoms with E-state index in [9.17, 15) is 0 Å². The molecule has 2 N–H and O–H groups in total. The van der Waals surface area contributed by atoms with Gasteiger partial charge in [-0.25, -0.2) is 4.98 Å². The summed E-state index contributed by atoms with van der Waals surface area (Å²) in [5.41, 5.74) is 0. The van der Waals surface area contributed by atoms with Gasteiger partial charge in [0, 0.05) is 18.1 Å². The number of aromatic nitrogens is 1. The molecule has 3 nitrogen and oxygen atoms in total. The molecule has 1 fully saturated rings. The van der Waals surface area contributed by atoms with Gasteiger partial charge < -0.3 is 10.6 Å². The van der Waals surface area contributed by atoms with Crippen LogP contribution in [-0.4, -0.2) is 24.6 Å². The van der Waals surface area contributed by atoms with Crippen molar-refractivity contribution in [1.29, 1.82) is 0 Å². The van der Waals surface area contributed by atoms with Gasteiger partial charge in [0.1, 0.15) is 0 Å². The molecule has 1 aromatic rings. The van der Waals surface area contributed by atoms with Gasteiger partial charge in [0.25, 0.3) is 0 Å². The molecular formula is C9H15N3S. The fraction of sp³-hybridized carbons (Fsp3) is 0.667. The van der Waals surface area contributed by atoms with E-state index in [2.05, 4.69) is 15.6 Å². The molecule has 0 spiro atoms. The zero-order valence-electron chi connectivity index (χ0n) is 7.62. The maximum absolute atomic E-state index is 4.19. The van der Waals surface area contributed by atoms with Gasteiger partial charge in [-0.2, -0.15) is 0 Å². The van der Waals surface area contributed by atoms with Crippen LogP contribution in [-0.2, 0) is 0 Å². The van der Waals surface area contributed by atoms with Crippen molar-refractivity contribution in [3.63, 3.8) is 0 Å². The number of piperidine rings is 1. The van der Waals surface area contributed by atoms with Gasteiger partial charge in [0.15, 0.2) is 5.13 Å². The lowest BCUT2D eigenvalue weighted by atomic mass is 10.00. The smallest absolute Gasteiger partial charge is 0.182 e. The maximum Gasteiger partial charge on any atom is 0.182 e. The molecule has 72 valence electrons. The molecular weight excluding hydrogens is 182 g/mol. The Kier molecular flexibility index (Phi) is 3.16. The molecule has 13 heavy (non-hydrogen) atoms. The molecule has 0 bridgehead atoms. The third-order valence-electron chi connectivity index (χ3n) is 2.37. The second kappa shape index (κ2) is 4.58. The van der Waals surface area contributed by atoms with Crippen LogP contribution in [0.5, 0.6) is 0 Å². The van der Waals surface area contributed by atoms with E-state index in [1.54, 1.807) is 11.3 Å². The predicted molar refractivity (Wildman–Crippen MR) is 56.2 cm³/mol. The molecule has 0 radical (unpaired) electrons. The Morgan fingerprint density at radius 2 is 2.69 bits per heavy atom. The molecule has 2 rings (SSSR count). The minimum Gasteiger partial charge on any atom is -0.361 e. The van der Waals surface area contributed by atoms with Crippen molar-refractivity contribution in [3.8, 4) is 0 Å². The Morgan fingerprint density at radius 3 is 3.38 bits per heavy atom. The molecule has 4 heteroatoms. The summed E-state index contributed by atoms with van der Waals surface area (Å²) in [5, 5.41) is 9.82. The van der Waals surface area contributed by atoms with Gasteiger partial charge in [-0.05, 0) is 31.8 Å². The molecule has 1 saturated heterocycles. The highest BCUT2D eigenvalue weighted by molar-refractivity contribution is 7.13. The highest BCUT2D eigenvalue weighted by Crippen LogP contribution is 2.14. The molecule has 1 aliphatic heterocycles. The Balaban J connectivity index is 1.72. The number of anilines is 1. The molecule has 0 aliphatic carbocycles. The maximum atomic E-state index is 4.19. The van der Waals surface area contributed by atoms with E-state index in [4.69, 9.17) is 0 Å². The van der Waals surface area contributed by atoms with Crippen LogP contribution in [0.3, 0.4) is 0 Å². The summed E-state index contributed by atoms with van der Waals surface area (Å²) in [7, 11) is 0. The van der Waals surface area contributed by atoms with E-state index in [0.717, 1.165) is 24.1 Å². The van der Waals surface area contributed by atoms with Crippen molar-refractivity contribution < 1.29 is 0 Å². The topological polar surface area (TPSA) is 37.0 Å². The van der Waals surface area contributed by atoms with Crippen molar-refractivity contribution in [2.45, 2.75) is 12.8 Å². The summed E-state index contributed by atoms with van der Waals surface area (Å²) in [5.74, 6) is 0.776. The summed E-state index contributed by atoms with van der Waals surface area (Å²) in [4.78, 5) is 4.19. The first-order valence-electron chi connectivity index (χ1n) is 4.79. The minimum absolute atomic E-state index is 0.776. The predicted octanol–water partition coefficient (Wildman–Crippen LogP) is 1.55. The van der Waals surface area contributed by atoms with Gasteiger partial charge in [0.05, 0.1) is 0 Å². The van der Waals surface area contributed by atoms with Crippen molar-refractivity contribution in [1.82, 2.24) is 10.3 Å². The minimum atomic E-state index is 0.776. The Hall–Kier alpha value is -0.610. The molecule has 1 unspecified atom stereocenters. The van der Waals surface area contributed by atoms with Crippen LogP contribution in [0.2, 0.25) is 0 Å². The van der Waals surface area contributed by atoms with Crippen LogP contribution in [0, 0.1) is 5.92 Å². The number of hydrogen-bond donors (Lipinski definition) is 2. The number of rotatable bonds is 3. The first kappa shape index (κ1) is 8.97. The molecule has 2 heterocycles. The zero-order valence-corrected chi connectivity index (χ0v) is 8.44. The van der Waals surface area contributed by atoms with Crippen molar-refractivity contribution in [2.75, 3.05) is 25.0 Å². The lowest BCUT2D eigenvalue weighted by Crippen LogP contribution is -2.33. The van der Waals surface area contributed by atoms with Gasteiger partial charge in [-0.15, -0.1) is 11.3 Å². The second-order valence-corrected chi connectivity index (χ2v) is 4.33. The summed E-state index contributed by atoms with van der Waals surface area (Å²) < 4.78 is 0. The number of nitrogens with one attached hydrogen (secondary N) is 2. The van der Waals surface area contributed by atoms with E-state index in [0.29, 0.717) is 0 Å². The van der Waals surface area contributed by atoms with Gasteiger partial charge in [-0.1, -0.05) is 0 Å². The van der Waals surface area contributed by atoms with Gasteiger partial charge >= 0.3 is 0 Å². The second-order valence-electron chi connectivity index (χ2n) is 3.43. The average molecular weight is 197 g/mol. The lowest BCUT2D eigenvalue weighted by molar-refractivity contribution is 0.393. The van der Waals surface area contributed by atoms with E-state index in [1.807, 2.05) is 11.6 Å². The van der Waals surface area contributed by atoms with Crippen LogP contribution in [0.15, 0.2) is 11.6 Å². The van der Waals surface area contributed by atoms with E-state index < -0.39 is 0 Å². The average Bonchev–Trinajstić information content (AvgIpc) is 2.69. The quantitative estimate of drug-likeness (QED) is 0.772. The summed E-state index contributed by atoms with van der Waals surface area (Å²) in [6.07, 6.45) is 4.49. The zero-order chi connectivity index (χ0) is 8.93. The SMILES string of the molecule is c1csc(NCC2CCCNC2)n1. The van der Waals surface area contributed by atoms with Crippen molar-refractivity contribution >= 4 is 16.5 Å². The van der Waals surface area contributed by atoms with Crippen molar-refractivity contribution in [2.24, 2.45) is 5.92 Å². The third-order valence-corrected chi connectivity index (χ3v) is 3.10. The lowest BCUT2D eigenvalue weighted by Gasteiger charge is -2.22. The Morgan fingerprint density at radius 1 is 1.69 bits per heavy atom. The molecule has 1 aromatic heterocycles. The number of thiazole rings is 1. The van der Waals surface area contributed by atoms with Crippen molar-refractivity contribution in [3.05, 3.63) is 11.6 Å². The number of nitrogens with zero attached hydrogens (tertiary/aromatic N) is 1. The van der Waals surface area contributed by atoms with Gasteiger partial charge in [-0.3, -0.25) is 0 Å². The first-order valence-corrected chi connectivity index (χ1v) is 5.67. The van der Waals surface area contributed by atoms with Gasteiger partial charge in [0.2, 0.25) is 0 Å². The highest BCUT2D eigenvalue weighted by atomic mass is 32.1. The fourth-order valence-electron chi connectivity index (χ4n) is 1.64. The van der Waals surface area contributed by atoms with Crippen LogP contribution in [0.1, 0.15) is 12.8 Å². The molecule has 0 amide bonds. The van der Waals surface area contributed by atoms with Crippen LogP contribution in [0.4, 0.5) is 5.13 Å². The summed E-state index contributed by atoms with van der Waals surface area (Å²) in [6, 6.07) is 0. The molecule has 1 atom stereocenters. The standard InChI is InChI=1S/C9H15N3S/c1-2-8(6-10-3-1)7-12-9-11-4-5-13-9/h4-5,8,10H,1-3,6-7H2,(H,11,12).